The summed E-state index contributed by atoms with van der Waals surface area (Å²) in [5.41, 5.74) is -0.305. The summed E-state index contributed by atoms with van der Waals surface area (Å²) >= 11 is 12.3. The van der Waals surface area contributed by atoms with Crippen LogP contribution in [0.4, 0.5) is 15.3 Å². The van der Waals surface area contributed by atoms with E-state index in [1.165, 1.54) is 24.3 Å². The molecule has 2 amide bonds. The zero-order valence-corrected chi connectivity index (χ0v) is 21.2. The zero-order chi connectivity index (χ0) is 25.4. The molecule has 1 aliphatic heterocycles. The molecule has 0 aliphatic carbocycles. The SMILES string of the molecule is CC(C)(C)OC(=O)Oc1ccc(Cl)cc1/C=C1/C(=O)N(C(=O)OC(C)(C)C)c2cc(Cl)ccc21. The molecule has 0 aromatic heterocycles. The van der Waals surface area contributed by atoms with Gasteiger partial charge >= 0.3 is 12.2 Å². The molecule has 0 fully saturated rings. The number of halogens is 2. The molecule has 0 unspecified atom stereocenters. The van der Waals surface area contributed by atoms with Crippen LogP contribution < -0.4 is 9.64 Å². The molecule has 2 aromatic rings. The maximum Gasteiger partial charge on any atom is 0.514 e. The van der Waals surface area contributed by atoms with Gasteiger partial charge in [0.1, 0.15) is 17.0 Å². The minimum Gasteiger partial charge on any atom is -0.443 e. The Balaban J connectivity index is 2.06. The van der Waals surface area contributed by atoms with Gasteiger partial charge in [0.15, 0.2) is 0 Å². The van der Waals surface area contributed by atoms with E-state index >= 15 is 0 Å². The van der Waals surface area contributed by atoms with Crippen molar-refractivity contribution in [3.05, 3.63) is 57.6 Å². The molecular formula is C25H25Cl2NO6. The lowest BCUT2D eigenvalue weighted by atomic mass is 10.0. The Kier molecular flexibility index (Phi) is 7.01. The van der Waals surface area contributed by atoms with Crippen molar-refractivity contribution in [1.29, 1.82) is 0 Å². The molecule has 0 radical (unpaired) electrons. The average Bonchev–Trinajstić information content (AvgIpc) is 2.92. The van der Waals surface area contributed by atoms with Gasteiger partial charge in [-0.15, -0.1) is 0 Å². The lowest BCUT2D eigenvalue weighted by Crippen LogP contribution is -2.38. The molecule has 0 atom stereocenters. The molecule has 7 nitrogen and oxygen atoms in total. The highest BCUT2D eigenvalue weighted by atomic mass is 35.5. The number of rotatable bonds is 2. The molecule has 180 valence electrons. The topological polar surface area (TPSA) is 82.1 Å². The van der Waals surface area contributed by atoms with Gasteiger partial charge in [-0.05, 0) is 78.0 Å². The van der Waals surface area contributed by atoms with Crippen LogP contribution in [0.1, 0.15) is 52.7 Å². The van der Waals surface area contributed by atoms with Crippen molar-refractivity contribution in [3.63, 3.8) is 0 Å². The lowest BCUT2D eigenvalue weighted by molar-refractivity contribution is -0.112. The Labute approximate surface area is 208 Å². The highest BCUT2D eigenvalue weighted by Gasteiger charge is 2.39. The highest BCUT2D eigenvalue weighted by Crippen LogP contribution is 2.41. The molecule has 9 heteroatoms. The largest absolute Gasteiger partial charge is 0.514 e. The van der Waals surface area contributed by atoms with Crippen LogP contribution in [0, 0.1) is 0 Å². The third kappa shape index (κ3) is 6.10. The molecule has 34 heavy (non-hydrogen) atoms. The minimum absolute atomic E-state index is 0.130. The summed E-state index contributed by atoms with van der Waals surface area (Å²) in [6.45, 7) is 10.2. The van der Waals surface area contributed by atoms with E-state index < -0.39 is 29.4 Å². The molecule has 0 saturated carbocycles. The first-order valence-corrected chi connectivity index (χ1v) is 11.2. The van der Waals surface area contributed by atoms with E-state index in [0.717, 1.165) is 4.90 Å². The number of amides is 2. The number of hydrogen-bond donors (Lipinski definition) is 0. The van der Waals surface area contributed by atoms with Gasteiger partial charge in [-0.2, -0.15) is 0 Å². The van der Waals surface area contributed by atoms with Crippen molar-refractivity contribution in [2.45, 2.75) is 52.7 Å². The van der Waals surface area contributed by atoms with Crippen LogP contribution in [-0.4, -0.2) is 29.4 Å². The summed E-state index contributed by atoms with van der Waals surface area (Å²) in [7, 11) is 0. The number of anilines is 1. The Hall–Kier alpha value is -3.03. The van der Waals surface area contributed by atoms with Crippen molar-refractivity contribution in [3.8, 4) is 5.75 Å². The van der Waals surface area contributed by atoms with Gasteiger partial charge in [0.05, 0.1) is 11.3 Å². The van der Waals surface area contributed by atoms with Crippen molar-refractivity contribution in [2.24, 2.45) is 0 Å². The quantitative estimate of drug-likeness (QED) is 0.245. The third-order valence-electron chi connectivity index (χ3n) is 4.35. The number of ether oxygens (including phenoxy) is 3. The summed E-state index contributed by atoms with van der Waals surface area (Å²) in [4.78, 5) is 39.4. The Morgan fingerprint density at radius 1 is 0.882 bits per heavy atom. The first kappa shape index (κ1) is 25.6. The maximum absolute atomic E-state index is 13.4. The van der Waals surface area contributed by atoms with Crippen LogP contribution in [0.5, 0.6) is 5.75 Å². The van der Waals surface area contributed by atoms with E-state index in [1.807, 2.05) is 0 Å². The zero-order valence-electron chi connectivity index (χ0n) is 19.7. The maximum atomic E-state index is 13.4. The van der Waals surface area contributed by atoms with Gasteiger partial charge in [0, 0.05) is 21.2 Å². The van der Waals surface area contributed by atoms with Gasteiger partial charge in [-0.3, -0.25) is 4.79 Å². The first-order valence-electron chi connectivity index (χ1n) is 10.4. The number of fused-ring (bicyclic) bond motifs is 1. The molecule has 1 heterocycles. The lowest BCUT2D eigenvalue weighted by Gasteiger charge is -2.23. The summed E-state index contributed by atoms with van der Waals surface area (Å²) in [6.07, 6.45) is -0.249. The number of hydrogen-bond acceptors (Lipinski definition) is 6. The van der Waals surface area contributed by atoms with Crippen molar-refractivity contribution in [1.82, 2.24) is 0 Å². The molecule has 0 spiro atoms. The molecule has 0 saturated heterocycles. The number of carbonyl (C=O) groups is 3. The predicted molar refractivity (Wildman–Crippen MR) is 131 cm³/mol. The second-order valence-corrected chi connectivity index (χ2v) is 10.5. The van der Waals surface area contributed by atoms with E-state index in [0.29, 0.717) is 21.2 Å². The van der Waals surface area contributed by atoms with Crippen LogP contribution in [0.3, 0.4) is 0 Å². The monoisotopic (exact) mass is 505 g/mol. The number of nitrogens with zero attached hydrogens (tertiary/aromatic N) is 1. The van der Waals surface area contributed by atoms with Gasteiger partial charge in [-0.1, -0.05) is 29.3 Å². The van der Waals surface area contributed by atoms with Gasteiger partial charge < -0.3 is 14.2 Å². The Morgan fingerprint density at radius 3 is 2.09 bits per heavy atom. The number of carbonyl (C=O) groups excluding carboxylic acids is 3. The van der Waals surface area contributed by atoms with E-state index in [9.17, 15) is 14.4 Å². The van der Waals surface area contributed by atoms with Crippen LogP contribution in [-0.2, 0) is 14.3 Å². The van der Waals surface area contributed by atoms with Crippen LogP contribution in [0.15, 0.2) is 36.4 Å². The second-order valence-electron chi connectivity index (χ2n) is 9.59. The molecule has 3 rings (SSSR count). The van der Waals surface area contributed by atoms with Crippen LogP contribution >= 0.6 is 23.2 Å². The summed E-state index contributed by atoms with van der Waals surface area (Å²) in [6, 6.07) is 9.32. The van der Waals surface area contributed by atoms with E-state index in [-0.39, 0.29) is 17.0 Å². The van der Waals surface area contributed by atoms with Gasteiger partial charge in [-0.25, -0.2) is 14.5 Å². The molecule has 0 N–H and O–H groups in total. The van der Waals surface area contributed by atoms with Crippen LogP contribution in [0.2, 0.25) is 10.0 Å². The van der Waals surface area contributed by atoms with Gasteiger partial charge in [0.25, 0.3) is 5.91 Å². The number of benzene rings is 2. The van der Waals surface area contributed by atoms with Crippen molar-refractivity contribution in [2.75, 3.05) is 4.90 Å². The fraction of sp³-hybridized carbons (Fsp3) is 0.320. The van der Waals surface area contributed by atoms with Crippen molar-refractivity contribution >= 4 is 58.7 Å². The fourth-order valence-corrected chi connectivity index (χ4v) is 3.48. The Bertz CT molecular complexity index is 1190. The van der Waals surface area contributed by atoms with Gasteiger partial charge in [0.2, 0.25) is 0 Å². The average molecular weight is 506 g/mol. The third-order valence-corrected chi connectivity index (χ3v) is 4.83. The summed E-state index contributed by atoms with van der Waals surface area (Å²) < 4.78 is 16.0. The predicted octanol–water partition coefficient (Wildman–Crippen LogP) is 7.13. The van der Waals surface area contributed by atoms with Crippen molar-refractivity contribution < 1.29 is 28.6 Å². The normalized spacial score (nSPS) is 14.8. The highest BCUT2D eigenvalue weighted by molar-refractivity contribution is 6.42. The van der Waals surface area contributed by atoms with E-state index in [2.05, 4.69) is 0 Å². The summed E-state index contributed by atoms with van der Waals surface area (Å²) in [5, 5.41) is 0.701. The molecular weight excluding hydrogens is 481 g/mol. The molecule has 1 aliphatic rings. The number of imide groups is 1. The van der Waals surface area contributed by atoms with E-state index in [4.69, 9.17) is 37.4 Å². The fourth-order valence-electron chi connectivity index (χ4n) is 3.13. The Morgan fingerprint density at radius 2 is 1.47 bits per heavy atom. The second kappa shape index (κ2) is 9.31. The standard InChI is InChI=1S/C25H25Cl2NO6/c1-24(2,3)33-22(30)28-19-13-16(27)7-9-17(19)18(21(28)29)12-14-11-15(26)8-10-20(14)32-23(31)34-25(4,5)6/h7-13H,1-6H3/b18-12+. The minimum atomic E-state index is -0.908. The van der Waals surface area contributed by atoms with Crippen LogP contribution in [0.25, 0.3) is 11.6 Å². The molecule has 0 bridgehead atoms. The first-order chi connectivity index (χ1) is 15.6. The van der Waals surface area contributed by atoms with E-state index in [1.54, 1.807) is 59.7 Å². The molecule has 2 aromatic carbocycles. The smallest absolute Gasteiger partial charge is 0.443 e. The summed E-state index contributed by atoms with van der Waals surface area (Å²) in [5.74, 6) is -0.486.